The Morgan fingerprint density at radius 3 is 2.76 bits per heavy atom. The lowest BCUT2D eigenvalue weighted by Crippen LogP contribution is -2.22. The summed E-state index contributed by atoms with van der Waals surface area (Å²) in [6.45, 7) is 0.730. The van der Waals surface area contributed by atoms with Crippen molar-refractivity contribution >= 4 is 46.8 Å². The minimum absolute atomic E-state index is 0.00505. The topological polar surface area (TPSA) is 91.4 Å². The van der Waals surface area contributed by atoms with Crippen LogP contribution < -0.4 is 5.32 Å². The molecular formula is C15H13Cl3N4O3. The van der Waals surface area contributed by atoms with E-state index in [9.17, 15) is 4.79 Å². The number of benzene rings is 1. The number of rotatable bonds is 5. The van der Waals surface area contributed by atoms with Crippen LogP contribution in [0.4, 0.5) is 10.7 Å². The van der Waals surface area contributed by atoms with Crippen molar-refractivity contribution in [2.24, 2.45) is 0 Å². The van der Waals surface area contributed by atoms with Gasteiger partial charge in [-0.15, -0.1) is 0 Å². The summed E-state index contributed by atoms with van der Waals surface area (Å²) in [5, 5.41) is 12.2. The average Bonchev–Trinajstić information content (AvgIpc) is 2.93. The van der Waals surface area contributed by atoms with Crippen LogP contribution in [0.5, 0.6) is 0 Å². The van der Waals surface area contributed by atoms with Gasteiger partial charge in [0, 0.05) is 11.6 Å². The highest BCUT2D eigenvalue weighted by Gasteiger charge is 2.20. The number of carbonyl (C=O) groups excluding carboxylic acids is 1. The normalized spacial score (nSPS) is 10.6. The smallest absolute Gasteiger partial charge is 0.414 e. The zero-order valence-electron chi connectivity index (χ0n) is 13.3. The van der Waals surface area contributed by atoms with E-state index in [0.717, 1.165) is 0 Å². The summed E-state index contributed by atoms with van der Waals surface area (Å²) >= 11 is 18.0. The van der Waals surface area contributed by atoms with E-state index in [1.54, 1.807) is 0 Å². The number of oxazole rings is 1. The van der Waals surface area contributed by atoms with Crippen molar-refractivity contribution in [2.45, 2.75) is 0 Å². The van der Waals surface area contributed by atoms with Crippen LogP contribution >= 0.6 is 34.8 Å². The number of hydrogen-bond donors (Lipinski definition) is 1. The van der Waals surface area contributed by atoms with E-state index in [1.165, 1.54) is 12.1 Å². The van der Waals surface area contributed by atoms with E-state index in [2.05, 4.69) is 10.3 Å². The zero-order valence-corrected chi connectivity index (χ0v) is 15.5. The molecule has 2 aromatic rings. The van der Waals surface area contributed by atoms with Gasteiger partial charge in [-0.05, 0) is 26.2 Å². The van der Waals surface area contributed by atoms with Gasteiger partial charge in [-0.2, -0.15) is 10.2 Å². The molecule has 0 saturated carbocycles. The number of nitriles is 1. The molecule has 0 saturated heterocycles. The number of nitrogens with one attached hydrogen (secondary N) is 1. The third-order valence-electron chi connectivity index (χ3n) is 2.94. The predicted octanol–water partition coefficient (Wildman–Crippen LogP) is 4.28. The summed E-state index contributed by atoms with van der Waals surface area (Å²) in [5.74, 6) is -0.158. The molecule has 0 atom stereocenters. The van der Waals surface area contributed by atoms with Gasteiger partial charge in [-0.25, -0.2) is 4.79 Å². The Hall–Kier alpha value is -1.98. The van der Waals surface area contributed by atoms with Gasteiger partial charge in [-0.3, -0.25) is 5.32 Å². The largest absolute Gasteiger partial charge is 0.448 e. The molecule has 1 heterocycles. The molecule has 1 aromatic carbocycles. The fourth-order valence-electron chi connectivity index (χ4n) is 1.76. The van der Waals surface area contributed by atoms with E-state index >= 15 is 0 Å². The molecule has 7 nitrogen and oxygen atoms in total. The monoisotopic (exact) mass is 402 g/mol. The fraction of sp³-hybridized carbons (Fsp3) is 0.267. The summed E-state index contributed by atoms with van der Waals surface area (Å²) in [7, 11) is 3.69. The van der Waals surface area contributed by atoms with Crippen LogP contribution in [0, 0.1) is 11.3 Å². The maximum Gasteiger partial charge on any atom is 0.414 e. The van der Waals surface area contributed by atoms with Gasteiger partial charge < -0.3 is 14.1 Å². The van der Waals surface area contributed by atoms with Crippen LogP contribution in [-0.4, -0.2) is 43.2 Å². The number of likely N-dealkylation sites (N-methyl/N-ethyl adjacent to an activating group) is 1. The number of amides is 1. The number of halogens is 3. The molecule has 0 bridgehead atoms. The summed E-state index contributed by atoms with van der Waals surface area (Å²) in [6.07, 6.45) is -0.767. The number of carbonyl (C=O) groups is 1. The van der Waals surface area contributed by atoms with Gasteiger partial charge in [0.15, 0.2) is 0 Å². The summed E-state index contributed by atoms with van der Waals surface area (Å²) in [6, 6.07) is 4.77. The van der Waals surface area contributed by atoms with Crippen LogP contribution in [0.1, 0.15) is 5.69 Å². The minimum Gasteiger partial charge on any atom is -0.448 e. The number of ether oxygens (including phenoxy) is 1. The molecule has 0 unspecified atom stereocenters. The molecule has 0 fully saturated rings. The van der Waals surface area contributed by atoms with Crippen LogP contribution in [0.15, 0.2) is 16.5 Å². The second kappa shape index (κ2) is 8.41. The Morgan fingerprint density at radius 1 is 1.40 bits per heavy atom. The van der Waals surface area contributed by atoms with Crippen LogP contribution in [0.3, 0.4) is 0 Å². The Kier molecular flexibility index (Phi) is 6.51. The maximum absolute atomic E-state index is 11.8. The molecule has 0 radical (unpaired) electrons. The van der Waals surface area contributed by atoms with Gasteiger partial charge in [0.25, 0.3) is 0 Å². The van der Waals surface area contributed by atoms with Crippen LogP contribution in [0.2, 0.25) is 15.1 Å². The molecule has 1 aromatic heterocycles. The fourth-order valence-corrected chi connectivity index (χ4v) is 2.44. The van der Waals surface area contributed by atoms with Crippen molar-refractivity contribution in [3.05, 3.63) is 32.9 Å². The van der Waals surface area contributed by atoms with E-state index in [4.69, 9.17) is 49.2 Å². The lowest BCUT2D eigenvalue weighted by Gasteiger charge is -2.09. The van der Waals surface area contributed by atoms with Crippen molar-refractivity contribution in [1.82, 2.24) is 9.88 Å². The lowest BCUT2D eigenvalue weighted by atomic mass is 10.2. The summed E-state index contributed by atoms with van der Waals surface area (Å²) < 4.78 is 10.4. The van der Waals surface area contributed by atoms with Crippen molar-refractivity contribution in [3.8, 4) is 17.5 Å². The van der Waals surface area contributed by atoms with E-state index < -0.39 is 6.09 Å². The quantitative estimate of drug-likeness (QED) is 0.749. The minimum atomic E-state index is -0.767. The maximum atomic E-state index is 11.8. The molecule has 10 heteroatoms. The van der Waals surface area contributed by atoms with E-state index in [1.807, 2.05) is 25.1 Å². The molecule has 0 aliphatic rings. The Morgan fingerprint density at radius 2 is 2.12 bits per heavy atom. The van der Waals surface area contributed by atoms with Gasteiger partial charge in [-0.1, -0.05) is 34.8 Å². The van der Waals surface area contributed by atoms with Gasteiger partial charge >= 0.3 is 6.09 Å². The zero-order chi connectivity index (χ0) is 18.6. The SMILES string of the molecule is CN(C)CCOC(=O)Nc1oc(-c2cc(Cl)cc(Cl)c2Cl)nc1C#N. The Bertz CT molecular complexity index is 830. The molecule has 1 N–H and O–H groups in total. The first-order valence-corrected chi connectivity index (χ1v) is 8.09. The first kappa shape index (κ1) is 19.3. The summed E-state index contributed by atoms with van der Waals surface area (Å²) in [4.78, 5) is 17.6. The highest BCUT2D eigenvalue weighted by Crippen LogP contribution is 2.37. The molecule has 0 spiro atoms. The number of hydrogen-bond acceptors (Lipinski definition) is 6. The summed E-state index contributed by atoms with van der Waals surface area (Å²) in [5.41, 5.74) is 0.163. The third-order valence-corrected chi connectivity index (χ3v) is 3.96. The highest BCUT2D eigenvalue weighted by atomic mass is 35.5. The van der Waals surface area contributed by atoms with Gasteiger partial charge in [0.1, 0.15) is 12.7 Å². The third kappa shape index (κ3) is 5.00. The van der Waals surface area contributed by atoms with Crippen molar-refractivity contribution < 1.29 is 13.9 Å². The molecule has 25 heavy (non-hydrogen) atoms. The number of anilines is 1. The first-order chi connectivity index (χ1) is 11.8. The predicted molar refractivity (Wildman–Crippen MR) is 95.2 cm³/mol. The standard InChI is InChI=1S/C15H13Cl3N4O3/c1-22(2)3-4-24-15(23)21-14-11(7-19)20-13(25-14)9-5-8(16)6-10(17)12(9)18/h5-6H,3-4H2,1-2H3,(H,21,23). The Labute approximate surface area is 159 Å². The number of nitrogens with zero attached hydrogens (tertiary/aromatic N) is 3. The molecule has 0 aliphatic carbocycles. The van der Waals surface area contributed by atoms with Crippen molar-refractivity contribution in [3.63, 3.8) is 0 Å². The van der Waals surface area contributed by atoms with Gasteiger partial charge in [0.2, 0.25) is 17.5 Å². The molecular weight excluding hydrogens is 391 g/mol. The molecule has 132 valence electrons. The Balaban J connectivity index is 2.23. The second-order valence-electron chi connectivity index (χ2n) is 5.12. The second-order valence-corrected chi connectivity index (χ2v) is 6.34. The van der Waals surface area contributed by atoms with Crippen LogP contribution in [-0.2, 0) is 4.74 Å². The lowest BCUT2D eigenvalue weighted by molar-refractivity contribution is 0.150. The van der Waals surface area contributed by atoms with E-state index in [0.29, 0.717) is 17.1 Å². The first-order valence-electron chi connectivity index (χ1n) is 6.96. The molecule has 2 rings (SSSR count). The van der Waals surface area contributed by atoms with Crippen LogP contribution in [0.25, 0.3) is 11.5 Å². The van der Waals surface area contributed by atoms with Crippen molar-refractivity contribution in [1.29, 1.82) is 5.26 Å². The van der Waals surface area contributed by atoms with Gasteiger partial charge in [0.05, 0.1) is 15.6 Å². The number of aromatic nitrogens is 1. The molecule has 1 amide bonds. The molecule has 0 aliphatic heterocycles. The average molecular weight is 404 g/mol. The highest BCUT2D eigenvalue weighted by molar-refractivity contribution is 6.44. The van der Waals surface area contributed by atoms with E-state index in [-0.39, 0.29) is 34.1 Å². The van der Waals surface area contributed by atoms with Crippen molar-refractivity contribution in [2.75, 3.05) is 32.6 Å².